The molecule has 1 aromatic carbocycles. The Morgan fingerprint density at radius 3 is 2.55 bits per heavy atom. The quantitative estimate of drug-likeness (QED) is 0.456. The molecule has 1 aliphatic rings. The third kappa shape index (κ3) is 3.51. The molecule has 4 N–H and O–H groups in total. The standard InChI is InChI=1S/C19H24N6O4/c1-24(2)19-23-13-16(20-8-11-6-4-3-5-7-11)21-10-22-17(13)25(19)18-15(28)14(27)12(9-26)29-18/h3-7,10,12,14-15,18,26-28H,8-9H2,1-2H3,(H,20,21,22)/t12-,14-,15-,18-/m1/s1. The monoisotopic (exact) mass is 400 g/mol. The zero-order chi connectivity index (χ0) is 20.5. The first-order chi connectivity index (χ1) is 14.0. The summed E-state index contributed by atoms with van der Waals surface area (Å²) in [5, 5.41) is 33.4. The lowest BCUT2D eigenvalue weighted by Gasteiger charge is -2.21. The summed E-state index contributed by atoms with van der Waals surface area (Å²) in [5.41, 5.74) is 2.06. The van der Waals surface area contributed by atoms with Crippen LogP contribution in [0.25, 0.3) is 11.2 Å². The molecule has 0 spiro atoms. The molecule has 1 fully saturated rings. The molecule has 10 heteroatoms. The number of nitrogens with zero attached hydrogens (tertiary/aromatic N) is 5. The van der Waals surface area contributed by atoms with Crippen LogP contribution >= 0.6 is 0 Å². The van der Waals surface area contributed by atoms with Crippen LogP contribution in [0, 0.1) is 0 Å². The fraction of sp³-hybridized carbons (Fsp3) is 0.421. The summed E-state index contributed by atoms with van der Waals surface area (Å²) in [6.45, 7) is 0.155. The van der Waals surface area contributed by atoms with E-state index < -0.39 is 31.1 Å². The van der Waals surface area contributed by atoms with Gasteiger partial charge < -0.3 is 30.3 Å². The topological polar surface area (TPSA) is 129 Å². The highest BCUT2D eigenvalue weighted by atomic mass is 16.6. The van der Waals surface area contributed by atoms with Gasteiger partial charge in [-0.1, -0.05) is 30.3 Å². The molecule has 0 radical (unpaired) electrons. The Kier molecular flexibility index (Phi) is 5.33. The van der Waals surface area contributed by atoms with Gasteiger partial charge in [0.2, 0.25) is 5.95 Å². The van der Waals surface area contributed by atoms with Crippen molar-refractivity contribution in [3.05, 3.63) is 42.2 Å². The maximum absolute atomic E-state index is 10.5. The number of hydrogen-bond donors (Lipinski definition) is 4. The molecule has 0 unspecified atom stereocenters. The van der Waals surface area contributed by atoms with Crippen molar-refractivity contribution in [2.45, 2.75) is 31.1 Å². The highest BCUT2D eigenvalue weighted by Gasteiger charge is 2.45. The summed E-state index contributed by atoms with van der Waals surface area (Å²) in [6.07, 6.45) is -2.87. The molecule has 0 amide bonds. The van der Waals surface area contributed by atoms with E-state index in [0.29, 0.717) is 29.5 Å². The number of ether oxygens (including phenoxy) is 1. The van der Waals surface area contributed by atoms with Gasteiger partial charge >= 0.3 is 0 Å². The Labute approximate surface area is 167 Å². The molecule has 3 aromatic rings. The molecule has 0 bridgehead atoms. The van der Waals surface area contributed by atoms with Crippen LogP contribution in [-0.4, -0.2) is 73.9 Å². The molecule has 3 heterocycles. The van der Waals surface area contributed by atoms with Gasteiger partial charge in [0.1, 0.15) is 24.6 Å². The minimum absolute atomic E-state index is 0.405. The fourth-order valence-corrected chi connectivity index (χ4v) is 3.45. The van der Waals surface area contributed by atoms with Crippen LogP contribution in [0.5, 0.6) is 0 Å². The van der Waals surface area contributed by atoms with E-state index in [1.54, 1.807) is 9.47 Å². The van der Waals surface area contributed by atoms with Crippen molar-refractivity contribution in [2.75, 3.05) is 30.9 Å². The lowest BCUT2D eigenvalue weighted by molar-refractivity contribution is -0.0503. The second-order valence-electron chi connectivity index (χ2n) is 7.14. The number of rotatable bonds is 6. The zero-order valence-corrected chi connectivity index (χ0v) is 16.2. The smallest absolute Gasteiger partial charge is 0.209 e. The number of imidazole rings is 1. The van der Waals surface area contributed by atoms with Crippen LogP contribution in [0.3, 0.4) is 0 Å². The Morgan fingerprint density at radius 2 is 1.90 bits per heavy atom. The Morgan fingerprint density at radius 1 is 1.14 bits per heavy atom. The third-order valence-corrected chi connectivity index (χ3v) is 4.93. The molecular weight excluding hydrogens is 376 g/mol. The first-order valence-electron chi connectivity index (χ1n) is 9.31. The minimum Gasteiger partial charge on any atom is -0.394 e. The largest absolute Gasteiger partial charge is 0.394 e. The summed E-state index contributed by atoms with van der Waals surface area (Å²) < 4.78 is 7.33. The number of anilines is 2. The Balaban J connectivity index is 1.74. The zero-order valence-electron chi connectivity index (χ0n) is 16.2. The third-order valence-electron chi connectivity index (χ3n) is 4.93. The van der Waals surface area contributed by atoms with Gasteiger partial charge in [0, 0.05) is 20.6 Å². The lowest BCUT2D eigenvalue weighted by Crippen LogP contribution is -2.33. The van der Waals surface area contributed by atoms with E-state index in [1.165, 1.54) is 6.33 Å². The number of aliphatic hydroxyl groups excluding tert-OH is 3. The molecule has 154 valence electrons. The molecular formula is C19H24N6O4. The number of nitrogens with one attached hydrogen (secondary N) is 1. The van der Waals surface area contributed by atoms with Gasteiger partial charge in [-0.05, 0) is 5.56 Å². The first kappa shape index (κ1) is 19.5. The predicted octanol–water partition coefficient (Wildman–Crippen LogP) is 0.116. The van der Waals surface area contributed by atoms with Gasteiger partial charge in [0.15, 0.2) is 23.2 Å². The molecule has 10 nitrogen and oxygen atoms in total. The second-order valence-corrected chi connectivity index (χ2v) is 7.14. The van der Waals surface area contributed by atoms with Gasteiger partial charge in [-0.2, -0.15) is 0 Å². The van der Waals surface area contributed by atoms with Crippen molar-refractivity contribution < 1.29 is 20.1 Å². The molecule has 4 rings (SSSR count). The fourth-order valence-electron chi connectivity index (χ4n) is 3.45. The van der Waals surface area contributed by atoms with E-state index in [2.05, 4.69) is 20.3 Å². The van der Waals surface area contributed by atoms with Crippen molar-refractivity contribution in [3.63, 3.8) is 0 Å². The van der Waals surface area contributed by atoms with E-state index in [-0.39, 0.29) is 0 Å². The molecule has 1 aliphatic heterocycles. The summed E-state index contributed by atoms with van der Waals surface area (Å²) in [5.74, 6) is 1.03. The van der Waals surface area contributed by atoms with Crippen molar-refractivity contribution in [1.29, 1.82) is 0 Å². The summed E-state index contributed by atoms with van der Waals surface area (Å²) in [6, 6.07) is 9.90. The highest BCUT2D eigenvalue weighted by molar-refractivity contribution is 5.85. The van der Waals surface area contributed by atoms with Crippen molar-refractivity contribution in [2.24, 2.45) is 0 Å². The van der Waals surface area contributed by atoms with E-state index in [9.17, 15) is 15.3 Å². The highest BCUT2D eigenvalue weighted by Crippen LogP contribution is 2.36. The van der Waals surface area contributed by atoms with Crippen molar-refractivity contribution in [1.82, 2.24) is 19.5 Å². The number of hydrogen-bond acceptors (Lipinski definition) is 9. The molecule has 1 saturated heterocycles. The van der Waals surface area contributed by atoms with E-state index in [0.717, 1.165) is 5.56 Å². The maximum atomic E-state index is 10.5. The summed E-state index contributed by atoms with van der Waals surface area (Å²) >= 11 is 0. The van der Waals surface area contributed by atoms with Crippen molar-refractivity contribution in [3.8, 4) is 0 Å². The van der Waals surface area contributed by atoms with Gasteiger partial charge in [0.25, 0.3) is 0 Å². The van der Waals surface area contributed by atoms with Gasteiger partial charge in [-0.3, -0.25) is 4.57 Å². The van der Waals surface area contributed by atoms with E-state index in [1.807, 2.05) is 44.4 Å². The predicted molar refractivity (Wildman–Crippen MR) is 106 cm³/mol. The number of benzene rings is 1. The Bertz CT molecular complexity index is 979. The average molecular weight is 400 g/mol. The SMILES string of the molecule is CN(C)c1nc2c(NCc3ccccc3)ncnc2n1[C@@H]1O[C@H](CO)[C@@H](O)[C@H]1O. The Hall–Kier alpha value is -2.79. The van der Waals surface area contributed by atoms with Gasteiger partial charge in [-0.25, -0.2) is 15.0 Å². The van der Waals surface area contributed by atoms with Crippen LogP contribution in [0.15, 0.2) is 36.7 Å². The van der Waals surface area contributed by atoms with Crippen LogP contribution in [0.1, 0.15) is 11.8 Å². The van der Waals surface area contributed by atoms with Crippen LogP contribution in [0.2, 0.25) is 0 Å². The summed E-state index contributed by atoms with van der Waals surface area (Å²) in [7, 11) is 3.62. The molecule has 0 saturated carbocycles. The molecule has 4 atom stereocenters. The molecule has 0 aliphatic carbocycles. The van der Waals surface area contributed by atoms with Gasteiger partial charge in [0.05, 0.1) is 6.61 Å². The van der Waals surface area contributed by atoms with Crippen LogP contribution < -0.4 is 10.2 Å². The summed E-state index contributed by atoms with van der Waals surface area (Å²) in [4.78, 5) is 15.1. The van der Waals surface area contributed by atoms with Crippen LogP contribution in [0.4, 0.5) is 11.8 Å². The van der Waals surface area contributed by atoms with E-state index >= 15 is 0 Å². The molecule has 2 aromatic heterocycles. The average Bonchev–Trinajstić information content (AvgIpc) is 3.25. The van der Waals surface area contributed by atoms with Crippen molar-refractivity contribution >= 4 is 22.9 Å². The first-order valence-corrected chi connectivity index (χ1v) is 9.31. The number of aliphatic hydroxyl groups is 3. The van der Waals surface area contributed by atoms with E-state index in [4.69, 9.17) is 4.74 Å². The second kappa shape index (κ2) is 7.91. The lowest BCUT2D eigenvalue weighted by atomic mass is 10.1. The normalized spacial score (nSPS) is 24.2. The van der Waals surface area contributed by atoms with Crippen LogP contribution in [-0.2, 0) is 11.3 Å². The number of fused-ring (bicyclic) bond motifs is 1. The minimum atomic E-state index is -1.24. The van der Waals surface area contributed by atoms with Gasteiger partial charge in [-0.15, -0.1) is 0 Å². The molecule has 29 heavy (non-hydrogen) atoms. The number of aromatic nitrogens is 4. The maximum Gasteiger partial charge on any atom is 0.209 e.